The van der Waals surface area contributed by atoms with E-state index in [1.165, 1.54) is 18.2 Å². The summed E-state index contributed by atoms with van der Waals surface area (Å²) in [6.07, 6.45) is -4.14. The Hall–Kier alpha value is -2.19. The topological polar surface area (TPSA) is 71.2 Å². The molecule has 2 N–H and O–H groups in total. The second-order valence-corrected chi connectivity index (χ2v) is 5.38. The molecule has 2 rings (SSSR count). The van der Waals surface area contributed by atoms with Gasteiger partial charge in [-0.25, -0.2) is 0 Å². The number of halogens is 5. The summed E-state index contributed by atoms with van der Waals surface area (Å²) in [5.41, 5.74) is -2.51. The number of rotatable bonds is 4. The molecule has 0 bridgehead atoms. The molecule has 1 amide bonds. The number of benzene rings is 1. The molecule has 128 valence electrons. The van der Waals surface area contributed by atoms with Crippen LogP contribution in [0.25, 0.3) is 0 Å². The Morgan fingerprint density at radius 2 is 1.96 bits per heavy atom. The third kappa shape index (κ3) is 4.65. The normalized spacial score (nSPS) is 11.2. The Kier molecular flexibility index (Phi) is 5.40. The summed E-state index contributed by atoms with van der Waals surface area (Å²) in [6.45, 7) is -0.558. The second-order valence-electron chi connectivity index (χ2n) is 4.54. The molecule has 10 heteroatoms. The molecule has 0 saturated carbocycles. The van der Waals surface area contributed by atoms with Crippen molar-refractivity contribution in [2.45, 2.75) is 6.18 Å². The van der Waals surface area contributed by atoms with Gasteiger partial charge >= 0.3 is 6.18 Å². The quantitative estimate of drug-likeness (QED) is 0.848. The number of aromatic nitrogens is 1. The van der Waals surface area contributed by atoms with E-state index < -0.39 is 35.5 Å². The minimum absolute atomic E-state index is 0.159. The Morgan fingerprint density at radius 3 is 2.58 bits per heavy atom. The maximum Gasteiger partial charge on any atom is 0.417 e. The number of aromatic amines is 1. The van der Waals surface area contributed by atoms with Crippen molar-refractivity contribution in [2.24, 2.45) is 0 Å². The molecular formula is C14H9Cl2F3N2O3. The predicted molar refractivity (Wildman–Crippen MR) is 82.7 cm³/mol. The lowest BCUT2D eigenvalue weighted by Gasteiger charge is -2.10. The molecule has 1 aromatic heterocycles. The number of amides is 1. The Balaban J connectivity index is 2.06. The Morgan fingerprint density at radius 1 is 1.25 bits per heavy atom. The van der Waals surface area contributed by atoms with Crippen LogP contribution in [0.4, 0.5) is 18.9 Å². The van der Waals surface area contributed by atoms with Crippen LogP contribution in [0.5, 0.6) is 5.75 Å². The van der Waals surface area contributed by atoms with Crippen LogP contribution >= 0.6 is 23.2 Å². The van der Waals surface area contributed by atoms with E-state index in [9.17, 15) is 22.8 Å². The zero-order chi connectivity index (χ0) is 17.9. The maximum absolute atomic E-state index is 12.6. The maximum atomic E-state index is 12.6. The smallest absolute Gasteiger partial charge is 0.417 e. The number of hydrogen-bond donors (Lipinski definition) is 2. The van der Waals surface area contributed by atoms with E-state index in [1.54, 1.807) is 0 Å². The molecule has 0 saturated heterocycles. The monoisotopic (exact) mass is 380 g/mol. The lowest BCUT2D eigenvalue weighted by Crippen LogP contribution is -2.25. The van der Waals surface area contributed by atoms with Crippen LogP contribution in [0.15, 0.2) is 35.3 Å². The highest BCUT2D eigenvalue weighted by molar-refractivity contribution is 6.35. The van der Waals surface area contributed by atoms with Crippen LogP contribution in [0, 0.1) is 0 Å². The fraction of sp³-hybridized carbons (Fsp3) is 0.143. The second kappa shape index (κ2) is 7.14. The van der Waals surface area contributed by atoms with E-state index in [1.807, 2.05) is 10.3 Å². The minimum atomic E-state index is -4.66. The SMILES string of the molecule is O=C(COc1ccc(Cl)cc1Cl)Nc1cc(C(F)(F)F)c[nH]c1=O. The van der Waals surface area contributed by atoms with Crippen molar-refractivity contribution in [1.29, 1.82) is 0 Å². The number of hydrogen-bond acceptors (Lipinski definition) is 3. The van der Waals surface area contributed by atoms with Crippen molar-refractivity contribution in [3.8, 4) is 5.75 Å². The molecule has 0 atom stereocenters. The lowest BCUT2D eigenvalue weighted by atomic mass is 10.2. The van der Waals surface area contributed by atoms with Crippen molar-refractivity contribution in [2.75, 3.05) is 11.9 Å². The lowest BCUT2D eigenvalue weighted by molar-refractivity contribution is -0.137. The first-order valence-corrected chi connectivity index (χ1v) is 7.10. The van der Waals surface area contributed by atoms with Crippen LogP contribution < -0.4 is 15.6 Å². The number of anilines is 1. The third-order valence-electron chi connectivity index (χ3n) is 2.76. The zero-order valence-electron chi connectivity index (χ0n) is 11.7. The molecule has 1 aromatic carbocycles. The van der Waals surface area contributed by atoms with Gasteiger partial charge in [0.05, 0.1) is 10.6 Å². The minimum Gasteiger partial charge on any atom is -0.482 e. The first-order chi connectivity index (χ1) is 11.2. The summed E-state index contributed by atoms with van der Waals surface area (Å²) in [5.74, 6) is -0.667. The van der Waals surface area contributed by atoms with Crippen molar-refractivity contribution in [3.05, 3.63) is 56.4 Å². The Bertz CT molecular complexity index is 822. The molecule has 24 heavy (non-hydrogen) atoms. The van der Waals surface area contributed by atoms with E-state index in [-0.39, 0.29) is 10.8 Å². The number of alkyl halides is 3. The highest BCUT2D eigenvalue weighted by atomic mass is 35.5. The molecule has 5 nitrogen and oxygen atoms in total. The van der Waals surface area contributed by atoms with Gasteiger partial charge < -0.3 is 15.0 Å². The van der Waals surface area contributed by atoms with Crippen molar-refractivity contribution >= 4 is 34.8 Å². The number of carbonyl (C=O) groups excluding carboxylic acids is 1. The average molecular weight is 381 g/mol. The van der Waals surface area contributed by atoms with E-state index in [2.05, 4.69) is 0 Å². The van der Waals surface area contributed by atoms with Crippen molar-refractivity contribution in [1.82, 2.24) is 4.98 Å². The van der Waals surface area contributed by atoms with Gasteiger partial charge in [0.15, 0.2) is 6.61 Å². The van der Waals surface area contributed by atoms with Gasteiger partial charge in [-0.2, -0.15) is 13.2 Å². The van der Waals surface area contributed by atoms with Gasteiger partial charge in [0, 0.05) is 11.2 Å². The van der Waals surface area contributed by atoms with Gasteiger partial charge in [-0.05, 0) is 24.3 Å². The summed E-state index contributed by atoms with van der Waals surface area (Å²) in [5, 5.41) is 2.57. The van der Waals surface area contributed by atoms with Crippen LogP contribution in [0.1, 0.15) is 5.56 Å². The Labute approximate surface area is 143 Å². The molecule has 0 radical (unpaired) electrons. The van der Waals surface area contributed by atoms with Crippen LogP contribution in [0.3, 0.4) is 0 Å². The van der Waals surface area contributed by atoms with Gasteiger partial charge in [-0.3, -0.25) is 9.59 Å². The van der Waals surface area contributed by atoms with Gasteiger partial charge in [-0.1, -0.05) is 23.2 Å². The largest absolute Gasteiger partial charge is 0.482 e. The molecule has 2 aromatic rings. The first kappa shape index (κ1) is 18.2. The van der Waals surface area contributed by atoms with E-state index in [4.69, 9.17) is 27.9 Å². The standard InChI is InChI=1S/C14H9Cl2F3N2O3/c15-8-1-2-11(9(16)4-8)24-6-12(22)21-10-3-7(14(17,18)19)5-20-13(10)23/h1-5H,6H2,(H,20,23)(H,21,22). The summed E-state index contributed by atoms with van der Waals surface area (Å²) in [4.78, 5) is 25.1. The van der Waals surface area contributed by atoms with E-state index in [0.717, 1.165) is 0 Å². The highest BCUT2D eigenvalue weighted by Crippen LogP contribution is 2.29. The van der Waals surface area contributed by atoms with Crippen molar-refractivity contribution in [3.63, 3.8) is 0 Å². The summed E-state index contributed by atoms with van der Waals surface area (Å²) in [7, 11) is 0. The highest BCUT2D eigenvalue weighted by Gasteiger charge is 2.31. The number of H-pyrrole nitrogens is 1. The molecule has 0 aliphatic heterocycles. The van der Waals surface area contributed by atoms with Crippen LogP contribution in [0.2, 0.25) is 10.0 Å². The predicted octanol–water partition coefficient (Wildman–Crippen LogP) is 3.72. The van der Waals surface area contributed by atoms with Gasteiger partial charge in [0.25, 0.3) is 11.5 Å². The van der Waals surface area contributed by atoms with E-state index >= 15 is 0 Å². The van der Waals surface area contributed by atoms with Gasteiger partial charge in [0.2, 0.25) is 0 Å². The summed E-state index contributed by atoms with van der Waals surface area (Å²) < 4.78 is 42.9. The zero-order valence-corrected chi connectivity index (χ0v) is 13.2. The van der Waals surface area contributed by atoms with Gasteiger partial charge in [0.1, 0.15) is 11.4 Å². The number of carbonyl (C=O) groups is 1. The molecule has 0 aliphatic carbocycles. The molecule has 0 unspecified atom stereocenters. The third-order valence-corrected chi connectivity index (χ3v) is 3.29. The number of ether oxygens (including phenoxy) is 1. The molecule has 0 aliphatic rings. The number of pyridine rings is 1. The fourth-order valence-electron chi connectivity index (χ4n) is 1.66. The molecule has 1 heterocycles. The van der Waals surface area contributed by atoms with Gasteiger partial charge in [-0.15, -0.1) is 0 Å². The first-order valence-electron chi connectivity index (χ1n) is 6.34. The number of nitrogens with one attached hydrogen (secondary N) is 2. The average Bonchev–Trinajstić information content (AvgIpc) is 2.47. The summed E-state index contributed by atoms with van der Waals surface area (Å²) in [6, 6.07) is 4.84. The molecular weight excluding hydrogens is 372 g/mol. The molecule has 0 fully saturated rings. The van der Waals surface area contributed by atoms with Crippen LogP contribution in [-0.2, 0) is 11.0 Å². The summed E-state index contributed by atoms with van der Waals surface area (Å²) >= 11 is 11.6. The van der Waals surface area contributed by atoms with Crippen molar-refractivity contribution < 1.29 is 22.7 Å². The molecule has 0 spiro atoms. The van der Waals surface area contributed by atoms with E-state index in [0.29, 0.717) is 17.3 Å². The van der Waals surface area contributed by atoms with Crippen LogP contribution in [-0.4, -0.2) is 17.5 Å². The fourth-order valence-corrected chi connectivity index (χ4v) is 2.13.